The third-order valence-electron chi connectivity index (χ3n) is 15.5. The van der Waals surface area contributed by atoms with E-state index < -0.39 is 5.41 Å². The largest absolute Gasteiger partial charge is 0.455 e. The van der Waals surface area contributed by atoms with Crippen molar-refractivity contribution in [2.75, 3.05) is 4.90 Å². The highest BCUT2D eigenvalue weighted by Crippen LogP contribution is 2.63. The van der Waals surface area contributed by atoms with Crippen molar-refractivity contribution in [1.29, 1.82) is 0 Å². The highest BCUT2D eigenvalue weighted by Gasteiger charge is 2.51. The van der Waals surface area contributed by atoms with E-state index in [-0.39, 0.29) is 0 Å². The van der Waals surface area contributed by atoms with E-state index in [0.717, 1.165) is 61.1 Å². The SMILES string of the molecule is c1cc(-c2ccc(N(c3ccc4c(c3)C3(c5ccccc5-c5ccccc53)c3ccccc3-4)c3ccccc3-c3ccc4oc5c6ccccc6ccc5c4c3)cc2)cc(-c2ccc3ccccc3c2)c1. The second-order valence-corrected chi connectivity index (χ2v) is 19.1. The monoisotopic (exact) mass is 901 g/mol. The van der Waals surface area contributed by atoms with Crippen LogP contribution in [0.15, 0.2) is 265 Å². The molecule has 0 fully saturated rings. The van der Waals surface area contributed by atoms with E-state index in [0.29, 0.717) is 0 Å². The van der Waals surface area contributed by atoms with Gasteiger partial charge in [0.15, 0.2) is 0 Å². The first kappa shape index (κ1) is 39.7. The normalized spacial score (nSPS) is 12.9. The molecule has 13 aromatic rings. The minimum Gasteiger partial charge on any atom is -0.455 e. The van der Waals surface area contributed by atoms with Gasteiger partial charge >= 0.3 is 0 Å². The summed E-state index contributed by atoms with van der Waals surface area (Å²) in [5, 5.41) is 7.02. The van der Waals surface area contributed by atoms with Crippen LogP contribution >= 0.6 is 0 Å². The Morgan fingerprint density at radius 1 is 0.282 bits per heavy atom. The number of para-hydroxylation sites is 1. The molecule has 0 saturated carbocycles. The van der Waals surface area contributed by atoms with Gasteiger partial charge in [0.25, 0.3) is 0 Å². The Morgan fingerprint density at radius 3 is 1.58 bits per heavy atom. The van der Waals surface area contributed by atoms with Crippen LogP contribution in [0.25, 0.3) is 99.1 Å². The van der Waals surface area contributed by atoms with Gasteiger partial charge in [-0.15, -0.1) is 0 Å². The van der Waals surface area contributed by atoms with Crippen LogP contribution in [0.1, 0.15) is 22.3 Å². The number of fused-ring (bicyclic) bond motifs is 16. The molecule has 0 aliphatic heterocycles. The van der Waals surface area contributed by atoms with E-state index in [4.69, 9.17) is 4.42 Å². The molecular formula is C69H43NO. The molecule has 0 N–H and O–H groups in total. The van der Waals surface area contributed by atoms with Crippen LogP contribution in [-0.4, -0.2) is 0 Å². The topological polar surface area (TPSA) is 16.4 Å². The number of benzene rings is 12. The molecule has 1 spiro atoms. The van der Waals surface area contributed by atoms with E-state index in [1.165, 1.54) is 77.4 Å². The van der Waals surface area contributed by atoms with Crippen LogP contribution in [0.5, 0.6) is 0 Å². The van der Waals surface area contributed by atoms with E-state index in [1.54, 1.807) is 0 Å². The number of anilines is 3. The van der Waals surface area contributed by atoms with Crippen LogP contribution in [0.2, 0.25) is 0 Å². The minimum absolute atomic E-state index is 0.474. The summed E-state index contributed by atoms with van der Waals surface area (Å²) in [7, 11) is 0. The van der Waals surface area contributed by atoms with Gasteiger partial charge in [0.2, 0.25) is 0 Å². The van der Waals surface area contributed by atoms with Crippen molar-refractivity contribution in [2.24, 2.45) is 0 Å². The van der Waals surface area contributed by atoms with Gasteiger partial charge in [-0.2, -0.15) is 0 Å². The Bertz CT molecular complexity index is 4240. The standard InChI is InChI=1S/C69H43NO/c1-2-16-47-41-50(29-28-44(47)14-1)49-18-13-17-48(40-49)45-30-34-52(35-31-45)70(66-27-12-8-19-54(66)51-33-39-67-61(42-51)60-37-32-46-15-3-4-20-55(46)68(60)71-67)53-36-38-59-58-23-7-11-26-64(58)69(65(59)43-53)62-24-9-5-21-56(62)57-22-6-10-25-63(57)69/h1-43H. The summed E-state index contributed by atoms with van der Waals surface area (Å²) >= 11 is 0. The molecule has 2 aliphatic rings. The molecule has 2 heteroatoms. The van der Waals surface area contributed by atoms with E-state index >= 15 is 0 Å². The zero-order valence-electron chi connectivity index (χ0n) is 38.7. The van der Waals surface area contributed by atoms with Gasteiger partial charge < -0.3 is 9.32 Å². The molecule has 0 saturated heterocycles. The lowest BCUT2D eigenvalue weighted by Crippen LogP contribution is -2.26. The molecule has 12 aromatic carbocycles. The van der Waals surface area contributed by atoms with Gasteiger partial charge in [-0.3, -0.25) is 0 Å². The summed E-state index contributed by atoms with van der Waals surface area (Å²) in [6.45, 7) is 0. The van der Waals surface area contributed by atoms with Crippen molar-refractivity contribution in [3.63, 3.8) is 0 Å². The predicted octanol–water partition coefficient (Wildman–Crippen LogP) is 18.7. The fourth-order valence-electron chi connectivity index (χ4n) is 12.3. The third kappa shape index (κ3) is 5.89. The first-order valence-electron chi connectivity index (χ1n) is 24.6. The van der Waals surface area contributed by atoms with E-state index in [9.17, 15) is 0 Å². The zero-order valence-corrected chi connectivity index (χ0v) is 38.7. The Morgan fingerprint density at radius 2 is 0.831 bits per heavy atom. The van der Waals surface area contributed by atoms with Crippen molar-refractivity contribution in [2.45, 2.75) is 5.41 Å². The fraction of sp³-hybridized carbons (Fsp3) is 0.0145. The molecule has 15 rings (SSSR count). The summed E-state index contributed by atoms with van der Waals surface area (Å²) in [6.07, 6.45) is 0. The Hall–Kier alpha value is -9.24. The maximum atomic E-state index is 6.62. The van der Waals surface area contributed by atoms with Crippen molar-refractivity contribution in [1.82, 2.24) is 0 Å². The fourth-order valence-corrected chi connectivity index (χ4v) is 12.3. The maximum absolute atomic E-state index is 6.62. The molecule has 1 heterocycles. The number of hydrogen-bond acceptors (Lipinski definition) is 2. The van der Waals surface area contributed by atoms with Crippen molar-refractivity contribution < 1.29 is 4.42 Å². The molecule has 2 aliphatic carbocycles. The summed E-state index contributed by atoms with van der Waals surface area (Å²) in [6, 6.07) is 96.2. The summed E-state index contributed by atoms with van der Waals surface area (Å²) in [4.78, 5) is 2.47. The predicted molar refractivity (Wildman–Crippen MR) is 296 cm³/mol. The third-order valence-corrected chi connectivity index (χ3v) is 15.5. The average molecular weight is 902 g/mol. The Kier molecular flexibility index (Phi) is 8.61. The number of hydrogen-bond donors (Lipinski definition) is 0. The van der Waals surface area contributed by atoms with Crippen LogP contribution in [-0.2, 0) is 5.41 Å². The number of nitrogens with zero attached hydrogens (tertiary/aromatic N) is 1. The van der Waals surface area contributed by atoms with Crippen molar-refractivity contribution >= 4 is 60.5 Å². The van der Waals surface area contributed by atoms with Crippen LogP contribution in [0.4, 0.5) is 17.1 Å². The van der Waals surface area contributed by atoms with Crippen LogP contribution < -0.4 is 4.90 Å². The Balaban J connectivity index is 0.919. The summed E-state index contributed by atoms with van der Waals surface area (Å²) in [5.74, 6) is 0. The van der Waals surface area contributed by atoms with Gasteiger partial charge in [0.1, 0.15) is 11.2 Å². The van der Waals surface area contributed by atoms with Gasteiger partial charge in [0.05, 0.1) is 11.1 Å². The summed E-state index contributed by atoms with van der Waals surface area (Å²) < 4.78 is 6.62. The lowest BCUT2D eigenvalue weighted by atomic mass is 9.70. The van der Waals surface area contributed by atoms with Crippen molar-refractivity contribution in [3.8, 4) is 55.6 Å². The van der Waals surface area contributed by atoms with Gasteiger partial charge in [0, 0.05) is 33.1 Å². The van der Waals surface area contributed by atoms with Crippen molar-refractivity contribution in [3.05, 3.63) is 283 Å². The molecule has 1 aromatic heterocycles. The maximum Gasteiger partial charge on any atom is 0.143 e. The summed E-state index contributed by atoms with van der Waals surface area (Å²) in [5.41, 5.74) is 22.1. The molecule has 0 radical (unpaired) electrons. The lowest BCUT2D eigenvalue weighted by molar-refractivity contribution is 0.672. The zero-order chi connectivity index (χ0) is 46.6. The van der Waals surface area contributed by atoms with Gasteiger partial charge in [-0.05, 0) is 149 Å². The highest BCUT2D eigenvalue weighted by atomic mass is 16.3. The molecule has 0 amide bonds. The first-order valence-corrected chi connectivity index (χ1v) is 24.6. The molecule has 71 heavy (non-hydrogen) atoms. The van der Waals surface area contributed by atoms with Crippen LogP contribution in [0.3, 0.4) is 0 Å². The Labute approximate surface area is 412 Å². The lowest BCUT2D eigenvalue weighted by Gasteiger charge is -2.32. The molecular weight excluding hydrogens is 859 g/mol. The smallest absolute Gasteiger partial charge is 0.143 e. The average Bonchev–Trinajstić information content (AvgIpc) is 4.08. The quantitative estimate of drug-likeness (QED) is 0.165. The van der Waals surface area contributed by atoms with E-state index in [2.05, 4.69) is 266 Å². The van der Waals surface area contributed by atoms with Gasteiger partial charge in [-0.1, -0.05) is 200 Å². The first-order chi connectivity index (χ1) is 35.2. The molecule has 2 nitrogen and oxygen atoms in total. The number of rotatable bonds is 6. The molecule has 330 valence electrons. The second kappa shape index (κ2) is 15.4. The molecule has 0 unspecified atom stereocenters. The number of furan rings is 1. The highest BCUT2D eigenvalue weighted by molar-refractivity contribution is 6.16. The van der Waals surface area contributed by atoms with E-state index in [1.807, 2.05) is 0 Å². The molecule has 0 atom stereocenters. The second-order valence-electron chi connectivity index (χ2n) is 19.1. The van der Waals surface area contributed by atoms with Gasteiger partial charge in [-0.25, -0.2) is 0 Å². The molecule has 0 bridgehead atoms. The minimum atomic E-state index is -0.474. The van der Waals surface area contributed by atoms with Crippen LogP contribution in [0, 0.1) is 0 Å².